The predicted molar refractivity (Wildman–Crippen MR) is 116 cm³/mol. The van der Waals surface area contributed by atoms with E-state index in [2.05, 4.69) is 20.3 Å². The van der Waals surface area contributed by atoms with Crippen molar-refractivity contribution in [2.45, 2.75) is 69.6 Å². The Kier molecular flexibility index (Phi) is 7.49. The lowest BCUT2D eigenvalue weighted by Gasteiger charge is -2.27. The second-order valence-corrected chi connectivity index (χ2v) is 8.18. The molecule has 13 nitrogen and oxygen atoms in total. The number of fused-ring (bicyclic) bond motifs is 1. The van der Waals surface area contributed by atoms with Crippen molar-refractivity contribution in [2.24, 2.45) is 11.5 Å². The molecule has 0 aliphatic carbocycles. The number of imidazole rings is 1. The second-order valence-electron chi connectivity index (χ2n) is 8.18. The molecule has 33 heavy (non-hydrogen) atoms. The van der Waals surface area contributed by atoms with Gasteiger partial charge in [0.25, 0.3) is 0 Å². The van der Waals surface area contributed by atoms with Gasteiger partial charge in [0.05, 0.1) is 12.4 Å². The van der Waals surface area contributed by atoms with Crippen LogP contribution < -0.4 is 16.8 Å². The van der Waals surface area contributed by atoms with Gasteiger partial charge in [-0.1, -0.05) is 6.42 Å². The van der Waals surface area contributed by atoms with Crippen LogP contribution in [0.15, 0.2) is 12.7 Å². The lowest BCUT2D eigenvalue weighted by Crippen LogP contribution is -2.52. The first-order valence-electron chi connectivity index (χ1n) is 10.6. The number of carbonyl (C=O) groups is 3. The Hall–Kier alpha value is -2.84. The largest absolute Gasteiger partial charge is 0.382 e. The SMILES string of the molecule is CC(=O)C(O)[C@H]1O[C@@H](n2cnc3c(NC(=O)[C@@H](N)CCCCN)ncnc32)C[C@@]1(O)C(C)=O. The summed E-state index contributed by atoms with van der Waals surface area (Å²) >= 11 is 0. The minimum Gasteiger partial charge on any atom is -0.382 e. The number of nitrogens with one attached hydrogen (secondary N) is 1. The maximum Gasteiger partial charge on any atom is 0.242 e. The van der Waals surface area contributed by atoms with Crippen LogP contribution in [0.25, 0.3) is 11.2 Å². The van der Waals surface area contributed by atoms with E-state index in [-0.39, 0.29) is 23.4 Å². The van der Waals surface area contributed by atoms with E-state index in [1.165, 1.54) is 17.2 Å². The van der Waals surface area contributed by atoms with Crippen LogP contribution in [-0.2, 0) is 19.1 Å². The Morgan fingerprint density at radius 2 is 2.03 bits per heavy atom. The monoisotopic (exact) mass is 463 g/mol. The van der Waals surface area contributed by atoms with Crippen LogP contribution in [0.2, 0.25) is 0 Å². The summed E-state index contributed by atoms with van der Waals surface area (Å²) in [5.74, 6) is -1.59. The number of aliphatic hydroxyl groups is 2. The van der Waals surface area contributed by atoms with Crippen LogP contribution in [0.1, 0.15) is 45.8 Å². The number of carbonyl (C=O) groups excluding carboxylic acids is 3. The van der Waals surface area contributed by atoms with Crippen molar-refractivity contribution in [3.8, 4) is 0 Å². The number of rotatable bonds is 10. The molecule has 1 aliphatic rings. The Labute approximate surface area is 189 Å². The molecule has 1 fully saturated rings. The Bertz CT molecular complexity index is 1040. The van der Waals surface area contributed by atoms with Crippen LogP contribution >= 0.6 is 0 Å². The fourth-order valence-electron chi connectivity index (χ4n) is 3.77. The normalized spacial score (nSPS) is 24.5. The molecule has 0 radical (unpaired) electrons. The zero-order valence-electron chi connectivity index (χ0n) is 18.5. The van der Waals surface area contributed by atoms with Crippen molar-refractivity contribution in [1.82, 2.24) is 19.5 Å². The van der Waals surface area contributed by atoms with Crippen molar-refractivity contribution in [3.05, 3.63) is 12.7 Å². The average Bonchev–Trinajstić information content (AvgIpc) is 3.35. The Morgan fingerprint density at radius 3 is 2.67 bits per heavy atom. The number of nitrogens with two attached hydrogens (primary N) is 2. The van der Waals surface area contributed by atoms with Crippen LogP contribution in [0.4, 0.5) is 5.82 Å². The van der Waals surface area contributed by atoms with Gasteiger partial charge in [-0.2, -0.15) is 0 Å². The number of ether oxygens (including phenoxy) is 1. The van der Waals surface area contributed by atoms with Gasteiger partial charge in [0.1, 0.15) is 24.8 Å². The summed E-state index contributed by atoms with van der Waals surface area (Å²) in [6, 6.07) is -0.749. The van der Waals surface area contributed by atoms with Crippen molar-refractivity contribution in [2.75, 3.05) is 11.9 Å². The molecule has 0 bridgehead atoms. The lowest BCUT2D eigenvalue weighted by atomic mass is 9.86. The molecule has 13 heteroatoms. The number of unbranched alkanes of at least 4 members (excludes halogenated alkanes) is 1. The van der Waals surface area contributed by atoms with Crippen molar-refractivity contribution in [3.63, 3.8) is 0 Å². The summed E-state index contributed by atoms with van der Waals surface area (Å²) < 4.78 is 7.17. The molecule has 1 aliphatic heterocycles. The molecule has 1 unspecified atom stereocenters. The van der Waals surface area contributed by atoms with E-state index >= 15 is 0 Å². The van der Waals surface area contributed by atoms with Crippen molar-refractivity contribution < 1.29 is 29.3 Å². The molecule has 2 aromatic heterocycles. The third-order valence-electron chi connectivity index (χ3n) is 5.79. The molecule has 1 amide bonds. The minimum absolute atomic E-state index is 0.137. The molecule has 5 atom stereocenters. The van der Waals surface area contributed by atoms with Gasteiger partial charge in [0.2, 0.25) is 5.91 Å². The highest BCUT2D eigenvalue weighted by Crippen LogP contribution is 2.40. The highest BCUT2D eigenvalue weighted by atomic mass is 16.6. The first-order chi connectivity index (χ1) is 15.6. The summed E-state index contributed by atoms with van der Waals surface area (Å²) in [5, 5.41) is 23.7. The summed E-state index contributed by atoms with van der Waals surface area (Å²) in [6.45, 7) is 2.81. The highest BCUT2D eigenvalue weighted by molar-refractivity contribution is 5.99. The Morgan fingerprint density at radius 1 is 1.30 bits per heavy atom. The predicted octanol–water partition coefficient (Wildman–Crippen LogP) is -1.22. The standard InChI is InChI=1S/C20H29N7O6/c1-10(28)15(30)16-20(32,11(2)29)7-13(33-16)27-9-25-14-17(23-8-24-18(14)27)26-19(31)12(22)5-3-4-6-21/h8-9,12-13,15-16,30,32H,3-7,21-22H2,1-2H3,(H,23,24,26,31)/t12-,13+,15?,16+,20+/m0/s1. The van der Waals surface area contributed by atoms with E-state index in [0.717, 1.165) is 20.3 Å². The number of ketones is 2. The zero-order valence-corrected chi connectivity index (χ0v) is 18.5. The van der Waals surface area contributed by atoms with Crippen molar-refractivity contribution >= 4 is 34.5 Å². The van der Waals surface area contributed by atoms with Crippen LogP contribution in [0.3, 0.4) is 0 Å². The molecule has 0 aromatic carbocycles. The molecule has 0 saturated carbocycles. The van der Waals surface area contributed by atoms with E-state index in [1.54, 1.807) is 0 Å². The maximum atomic E-state index is 12.4. The number of nitrogens with zero attached hydrogens (tertiary/aromatic N) is 4. The number of Topliss-reactive ketones (excluding diaryl/α,β-unsaturated/α-hetero) is 2. The second kappa shape index (κ2) is 9.97. The number of hydrogen-bond acceptors (Lipinski definition) is 11. The van der Waals surface area contributed by atoms with Gasteiger partial charge < -0.3 is 31.7 Å². The molecular weight excluding hydrogens is 434 g/mol. The maximum absolute atomic E-state index is 12.4. The smallest absolute Gasteiger partial charge is 0.242 e. The van der Waals surface area contributed by atoms with Gasteiger partial charge in [-0.05, 0) is 33.2 Å². The number of aromatic nitrogens is 4. The molecule has 1 saturated heterocycles. The number of aliphatic hydroxyl groups excluding tert-OH is 1. The topological polar surface area (TPSA) is 209 Å². The number of anilines is 1. The molecule has 0 spiro atoms. The van der Waals surface area contributed by atoms with E-state index in [1.807, 2.05) is 0 Å². The van der Waals surface area contributed by atoms with E-state index in [0.29, 0.717) is 19.4 Å². The van der Waals surface area contributed by atoms with Crippen molar-refractivity contribution in [1.29, 1.82) is 0 Å². The first kappa shape index (κ1) is 24.8. The van der Waals surface area contributed by atoms with E-state index in [9.17, 15) is 24.6 Å². The average molecular weight is 463 g/mol. The zero-order chi connectivity index (χ0) is 24.3. The fourth-order valence-corrected chi connectivity index (χ4v) is 3.77. The van der Waals surface area contributed by atoms with Crippen LogP contribution in [0.5, 0.6) is 0 Å². The molecule has 3 heterocycles. The van der Waals surface area contributed by atoms with Gasteiger partial charge in [-0.25, -0.2) is 15.0 Å². The minimum atomic E-state index is -2.08. The highest BCUT2D eigenvalue weighted by Gasteiger charge is 2.55. The van der Waals surface area contributed by atoms with E-state index in [4.69, 9.17) is 16.2 Å². The van der Waals surface area contributed by atoms with Crippen LogP contribution in [-0.4, -0.2) is 77.6 Å². The van der Waals surface area contributed by atoms with Gasteiger partial charge >= 0.3 is 0 Å². The lowest BCUT2D eigenvalue weighted by molar-refractivity contribution is -0.158. The molecule has 3 rings (SSSR count). The number of amides is 1. The van der Waals surface area contributed by atoms with Crippen LogP contribution in [0, 0.1) is 0 Å². The Balaban J connectivity index is 1.85. The van der Waals surface area contributed by atoms with Gasteiger partial charge in [-0.3, -0.25) is 19.0 Å². The molecular formula is C20H29N7O6. The third kappa shape index (κ3) is 4.91. The quantitative estimate of drug-likeness (QED) is 0.264. The summed E-state index contributed by atoms with van der Waals surface area (Å²) in [5.41, 5.74) is 9.81. The summed E-state index contributed by atoms with van der Waals surface area (Å²) in [6.07, 6.45) is 0.159. The molecule has 180 valence electrons. The molecule has 2 aromatic rings. The summed E-state index contributed by atoms with van der Waals surface area (Å²) in [4.78, 5) is 48.7. The third-order valence-corrected chi connectivity index (χ3v) is 5.79. The van der Waals surface area contributed by atoms with Gasteiger partial charge in [-0.15, -0.1) is 0 Å². The first-order valence-corrected chi connectivity index (χ1v) is 10.6. The van der Waals surface area contributed by atoms with Gasteiger partial charge in [0, 0.05) is 6.42 Å². The summed E-state index contributed by atoms with van der Waals surface area (Å²) in [7, 11) is 0. The molecule has 7 N–H and O–H groups in total. The number of hydrogen-bond donors (Lipinski definition) is 5. The van der Waals surface area contributed by atoms with Gasteiger partial charge in [0.15, 0.2) is 34.1 Å². The van der Waals surface area contributed by atoms with E-state index < -0.39 is 47.6 Å². The fraction of sp³-hybridized carbons (Fsp3) is 0.600.